The van der Waals surface area contributed by atoms with Gasteiger partial charge in [-0.3, -0.25) is 0 Å². The van der Waals surface area contributed by atoms with Gasteiger partial charge in [-0.15, -0.1) is 0 Å². The minimum Gasteiger partial charge on any atom is -0.498 e. The molecule has 4 aromatic carbocycles. The van der Waals surface area contributed by atoms with Gasteiger partial charge in [0.15, 0.2) is 11.5 Å². The second-order valence-electron chi connectivity index (χ2n) is 9.97. The molecule has 0 saturated carbocycles. The number of fused-ring (bicyclic) bond motifs is 5. The average Bonchev–Trinajstić information content (AvgIpc) is 2.99. The molecule has 0 radical (unpaired) electrons. The Hall–Kier alpha value is -4.22. The normalized spacial score (nSPS) is 16.5. The molecule has 2 aliphatic rings. The highest BCUT2D eigenvalue weighted by molar-refractivity contribution is 6.11. The third kappa shape index (κ3) is 4.05. The molecule has 1 unspecified atom stereocenters. The number of rotatable bonds is 6. The summed E-state index contributed by atoms with van der Waals surface area (Å²) < 4.78 is 23.4. The van der Waals surface area contributed by atoms with Crippen molar-refractivity contribution in [1.82, 2.24) is 0 Å². The maximum Gasteiger partial charge on any atom is 0.169 e. The summed E-state index contributed by atoms with van der Waals surface area (Å²) >= 11 is 0. The highest BCUT2D eigenvalue weighted by atomic mass is 16.5. The molecule has 1 aliphatic carbocycles. The standard InChI is InChI=1S/C34H33NO4/c1-35-20-28-24(17-18-29(36-2)33(28)38-4)26-16-15-25-27(32(26)35)19-30(37-3)34(39-5)31(25)23-13-11-22(12-14-23)21-9-7-6-8-10-21/h6-17,19,29H,18,20H2,1-5H3. The van der Waals surface area contributed by atoms with Crippen molar-refractivity contribution >= 4 is 22.0 Å². The lowest BCUT2D eigenvalue weighted by Gasteiger charge is -2.37. The van der Waals surface area contributed by atoms with Gasteiger partial charge in [0.1, 0.15) is 11.9 Å². The van der Waals surface area contributed by atoms with Crippen LogP contribution in [0.15, 0.2) is 90.2 Å². The molecule has 0 aromatic heterocycles. The van der Waals surface area contributed by atoms with E-state index in [9.17, 15) is 0 Å². The van der Waals surface area contributed by atoms with Crippen molar-refractivity contribution in [2.45, 2.75) is 12.5 Å². The molecule has 0 amide bonds. The van der Waals surface area contributed by atoms with Crippen molar-refractivity contribution in [3.8, 4) is 33.8 Å². The van der Waals surface area contributed by atoms with E-state index in [0.29, 0.717) is 5.75 Å². The van der Waals surface area contributed by atoms with E-state index in [2.05, 4.69) is 84.8 Å². The first-order valence-corrected chi connectivity index (χ1v) is 13.2. The first-order valence-electron chi connectivity index (χ1n) is 13.2. The van der Waals surface area contributed by atoms with Crippen LogP contribution in [0.25, 0.3) is 38.6 Å². The molecular formula is C34H33NO4. The van der Waals surface area contributed by atoms with Crippen LogP contribution in [0.4, 0.5) is 5.69 Å². The molecule has 6 rings (SSSR count). The highest BCUT2D eigenvalue weighted by Crippen LogP contribution is 2.51. The lowest BCUT2D eigenvalue weighted by atomic mass is 9.82. The van der Waals surface area contributed by atoms with Gasteiger partial charge in [-0.05, 0) is 40.1 Å². The van der Waals surface area contributed by atoms with E-state index in [4.69, 9.17) is 18.9 Å². The fraction of sp³-hybridized carbons (Fsp3) is 0.235. The van der Waals surface area contributed by atoms with Gasteiger partial charge in [0, 0.05) is 42.8 Å². The van der Waals surface area contributed by atoms with Gasteiger partial charge in [0.05, 0.1) is 27.0 Å². The molecule has 5 heteroatoms. The van der Waals surface area contributed by atoms with Gasteiger partial charge in [-0.1, -0.05) is 72.8 Å². The van der Waals surface area contributed by atoms with Crippen LogP contribution in [0.2, 0.25) is 0 Å². The van der Waals surface area contributed by atoms with Crippen LogP contribution >= 0.6 is 0 Å². The third-order valence-electron chi connectivity index (χ3n) is 7.94. The van der Waals surface area contributed by atoms with Crippen molar-refractivity contribution in [3.05, 3.63) is 95.8 Å². The number of hydrogen-bond acceptors (Lipinski definition) is 5. The molecule has 1 aliphatic heterocycles. The Bertz CT molecular complexity index is 1600. The quantitative estimate of drug-likeness (QED) is 0.266. The van der Waals surface area contributed by atoms with Crippen LogP contribution in [0, 0.1) is 0 Å². The fourth-order valence-electron chi connectivity index (χ4n) is 6.14. The van der Waals surface area contributed by atoms with Crippen molar-refractivity contribution in [3.63, 3.8) is 0 Å². The van der Waals surface area contributed by atoms with Crippen LogP contribution in [0.3, 0.4) is 0 Å². The summed E-state index contributed by atoms with van der Waals surface area (Å²) in [6, 6.07) is 25.7. The molecule has 39 heavy (non-hydrogen) atoms. The number of likely N-dealkylation sites (N-methyl/N-ethyl adjacent to an activating group) is 1. The molecule has 0 fully saturated rings. The van der Waals surface area contributed by atoms with Crippen molar-refractivity contribution in [2.75, 3.05) is 46.9 Å². The summed E-state index contributed by atoms with van der Waals surface area (Å²) in [6.45, 7) is 0.733. The first-order chi connectivity index (χ1) is 19.1. The molecule has 1 heterocycles. The van der Waals surface area contributed by atoms with Gasteiger partial charge in [-0.25, -0.2) is 0 Å². The predicted octanol–water partition coefficient (Wildman–Crippen LogP) is 7.34. The summed E-state index contributed by atoms with van der Waals surface area (Å²) in [5.74, 6) is 2.36. The van der Waals surface area contributed by atoms with Crippen LogP contribution in [-0.4, -0.2) is 48.1 Å². The number of anilines is 1. The summed E-state index contributed by atoms with van der Waals surface area (Å²) in [7, 11) is 9.02. The molecular weight excluding hydrogens is 486 g/mol. The predicted molar refractivity (Wildman–Crippen MR) is 159 cm³/mol. The lowest BCUT2D eigenvalue weighted by molar-refractivity contribution is 0.0779. The van der Waals surface area contributed by atoms with Crippen LogP contribution in [-0.2, 0) is 9.47 Å². The lowest BCUT2D eigenvalue weighted by Crippen LogP contribution is -2.32. The minimum absolute atomic E-state index is 0.0565. The molecule has 0 saturated heterocycles. The van der Waals surface area contributed by atoms with E-state index >= 15 is 0 Å². The monoisotopic (exact) mass is 519 g/mol. The number of ether oxygens (including phenoxy) is 4. The second-order valence-corrected chi connectivity index (χ2v) is 9.97. The van der Waals surface area contributed by atoms with E-state index in [0.717, 1.165) is 46.4 Å². The summed E-state index contributed by atoms with van der Waals surface area (Å²) in [6.07, 6.45) is 3.01. The van der Waals surface area contributed by atoms with Gasteiger partial charge in [0.2, 0.25) is 0 Å². The zero-order chi connectivity index (χ0) is 27.1. The molecule has 5 nitrogen and oxygen atoms in total. The van der Waals surface area contributed by atoms with E-state index in [1.54, 1.807) is 28.4 Å². The number of methoxy groups -OCH3 is 4. The highest BCUT2D eigenvalue weighted by Gasteiger charge is 2.33. The van der Waals surface area contributed by atoms with Crippen LogP contribution < -0.4 is 14.4 Å². The van der Waals surface area contributed by atoms with Crippen LogP contribution in [0.1, 0.15) is 12.0 Å². The number of benzene rings is 4. The largest absolute Gasteiger partial charge is 0.498 e. The Morgan fingerprint density at radius 2 is 1.46 bits per heavy atom. The Morgan fingerprint density at radius 1 is 0.744 bits per heavy atom. The van der Waals surface area contributed by atoms with Crippen molar-refractivity contribution in [2.24, 2.45) is 0 Å². The fourth-order valence-corrected chi connectivity index (χ4v) is 6.14. The summed E-state index contributed by atoms with van der Waals surface area (Å²) in [5, 5.41) is 2.25. The molecule has 0 spiro atoms. The van der Waals surface area contributed by atoms with Crippen molar-refractivity contribution < 1.29 is 18.9 Å². The zero-order valence-corrected chi connectivity index (χ0v) is 23.1. The van der Waals surface area contributed by atoms with Gasteiger partial charge >= 0.3 is 0 Å². The SMILES string of the molecule is COC1=C2CN(C)c3c(ccc4c(-c5ccc(-c6ccccc6)cc5)c(OC)c(OC)cc34)C2=CCC1OC. The number of hydrogen-bond donors (Lipinski definition) is 0. The third-order valence-corrected chi connectivity index (χ3v) is 7.94. The van der Waals surface area contributed by atoms with E-state index < -0.39 is 0 Å². The Kier molecular flexibility index (Phi) is 6.53. The van der Waals surface area contributed by atoms with Gasteiger partial charge < -0.3 is 23.8 Å². The van der Waals surface area contributed by atoms with Crippen molar-refractivity contribution in [1.29, 1.82) is 0 Å². The molecule has 198 valence electrons. The number of nitrogens with zero attached hydrogens (tertiary/aromatic N) is 1. The average molecular weight is 520 g/mol. The minimum atomic E-state index is -0.0565. The first kappa shape index (κ1) is 25.1. The van der Waals surface area contributed by atoms with E-state index in [1.807, 2.05) is 6.07 Å². The molecule has 4 aromatic rings. The molecule has 0 bridgehead atoms. The Morgan fingerprint density at radius 3 is 2.13 bits per heavy atom. The van der Waals surface area contributed by atoms with E-state index in [-0.39, 0.29) is 6.10 Å². The topological polar surface area (TPSA) is 40.2 Å². The van der Waals surface area contributed by atoms with Crippen LogP contribution in [0.5, 0.6) is 11.5 Å². The smallest absolute Gasteiger partial charge is 0.169 e. The Balaban J connectivity index is 1.56. The Labute approximate surface area is 229 Å². The summed E-state index contributed by atoms with van der Waals surface area (Å²) in [5.41, 5.74) is 9.24. The van der Waals surface area contributed by atoms with Gasteiger partial charge in [0.25, 0.3) is 0 Å². The van der Waals surface area contributed by atoms with E-state index in [1.165, 1.54) is 33.5 Å². The summed E-state index contributed by atoms with van der Waals surface area (Å²) in [4.78, 5) is 2.30. The van der Waals surface area contributed by atoms with Gasteiger partial charge in [-0.2, -0.15) is 0 Å². The zero-order valence-electron chi connectivity index (χ0n) is 23.1. The molecule has 1 atom stereocenters. The molecule has 0 N–H and O–H groups in total. The maximum absolute atomic E-state index is 5.97. The maximum atomic E-state index is 5.97. The second kappa shape index (κ2) is 10.2.